The third-order valence-corrected chi connectivity index (χ3v) is 4.40. The van der Waals surface area contributed by atoms with E-state index in [4.69, 9.17) is 14.2 Å². The summed E-state index contributed by atoms with van der Waals surface area (Å²) in [7, 11) is 1.63. The predicted octanol–water partition coefficient (Wildman–Crippen LogP) is 4.62. The fourth-order valence-electron chi connectivity index (χ4n) is 2.91. The van der Waals surface area contributed by atoms with Crippen molar-refractivity contribution in [3.63, 3.8) is 0 Å². The van der Waals surface area contributed by atoms with Gasteiger partial charge in [0.2, 0.25) is 0 Å². The molecule has 0 aliphatic carbocycles. The minimum atomic E-state index is -0.0239. The van der Waals surface area contributed by atoms with Gasteiger partial charge < -0.3 is 19.3 Å². The maximum Gasteiger partial charge on any atom is 0.145 e. The monoisotopic (exact) mass is 379 g/mol. The predicted molar refractivity (Wildman–Crippen MR) is 109 cm³/mol. The molecule has 0 aliphatic rings. The number of methoxy groups -OCH3 is 1. The van der Waals surface area contributed by atoms with E-state index in [0.29, 0.717) is 24.7 Å². The molecule has 28 heavy (non-hydrogen) atoms. The maximum atomic E-state index is 9.55. The summed E-state index contributed by atoms with van der Waals surface area (Å²) in [5.74, 6) is 2.11. The first-order chi connectivity index (χ1) is 13.8. The van der Waals surface area contributed by atoms with Gasteiger partial charge in [0.15, 0.2) is 0 Å². The quantitative estimate of drug-likeness (QED) is 0.588. The van der Waals surface area contributed by atoms with Gasteiger partial charge in [0.25, 0.3) is 0 Å². The van der Waals surface area contributed by atoms with Crippen LogP contribution in [0.3, 0.4) is 0 Å². The van der Waals surface area contributed by atoms with Crippen LogP contribution in [0, 0.1) is 0 Å². The molecule has 0 bridgehead atoms. The SMILES string of the molecule is CCCOc1cnccc1-c1ccc(OC)cc1OCc1ccccc1CO. The highest BCUT2D eigenvalue weighted by molar-refractivity contribution is 5.76. The van der Waals surface area contributed by atoms with Crippen LogP contribution < -0.4 is 14.2 Å². The summed E-state index contributed by atoms with van der Waals surface area (Å²) < 4.78 is 17.4. The van der Waals surface area contributed by atoms with Crippen molar-refractivity contribution in [1.82, 2.24) is 4.98 Å². The van der Waals surface area contributed by atoms with E-state index in [9.17, 15) is 5.11 Å². The lowest BCUT2D eigenvalue weighted by Crippen LogP contribution is -2.02. The first kappa shape index (κ1) is 19.7. The van der Waals surface area contributed by atoms with E-state index < -0.39 is 0 Å². The van der Waals surface area contributed by atoms with E-state index in [1.165, 1.54) is 0 Å². The molecular formula is C23H25NO4. The van der Waals surface area contributed by atoms with Crippen LogP contribution in [-0.4, -0.2) is 23.8 Å². The summed E-state index contributed by atoms with van der Waals surface area (Å²) in [5, 5.41) is 9.55. The second kappa shape index (κ2) is 9.76. The molecule has 0 amide bonds. The molecule has 0 spiro atoms. The first-order valence-corrected chi connectivity index (χ1v) is 9.32. The summed E-state index contributed by atoms with van der Waals surface area (Å²) in [4.78, 5) is 4.19. The Balaban J connectivity index is 1.95. The zero-order valence-electron chi connectivity index (χ0n) is 16.2. The van der Waals surface area contributed by atoms with Crippen molar-refractivity contribution in [3.05, 3.63) is 72.1 Å². The molecule has 0 unspecified atom stereocenters. The highest BCUT2D eigenvalue weighted by Gasteiger charge is 2.14. The Labute approximate surface area is 165 Å². The molecule has 0 saturated carbocycles. The van der Waals surface area contributed by atoms with Crippen molar-refractivity contribution in [2.24, 2.45) is 0 Å². The summed E-state index contributed by atoms with van der Waals surface area (Å²) in [6, 6.07) is 15.3. The minimum absolute atomic E-state index is 0.0239. The Morgan fingerprint density at radius 1 is 0.929 bits per heavy atom. The van der Waals surface area contributed by atoms with E-state index in [1.807, 2.05) is 48.5 Å². The number of aromatic nitrogens is 1. The Morgan fingerprint density at radius 2 is 1.71 bits per heavy atom. The van der Waals surface area contributed by atoms with Crippen LogP contribution in [0.2, 0.25) is 0 Å². The molecule has 1 heterocycles. The van der Waals surface area contributed by atoms with Gasteiger partial charge in [0.05, 0.1) is 26.5 Å². The van der Waals surface area contributed by atoms with Crippen LogP contribution in [0.25, 0.3) is 11.1 Å². The molecular weight excluding hydrogens is 354 g/mol. The Bertz CT molecular complexity index is 911. The van der Waals surface area contributed by atoms with Gasteiger partial charge in [0.1, 0.15) is 23.9 Å². The summed E-state index contributed by atoms with van der Waals surface area (Å²) in [6.45, 7) is 3.00. The van der Waals surface area contributed by atoms with Gasteiger partial charge in [-0.3, -0.25) is 4.98 Å². The number of nitrogens with zero attached hydrogens (tertiary/aromatic N) is 1. The Morgan fingerprint density at radius 3 is 2.46 bits per heavy atom. The van der Waals surface area contributed by atoms with Gasteiger partial charge in [-0.25, -0.2) is 0 Å². The second-order valence-electron chi connectivity index (χ2n) is 6.30. The molecule has 5 heteroatoms. The summed E-state index contributed by atoms with van der Waals surface area (Å²) in [5.41, 5.74) is 3.60. The smallest absolute Gasteiger partial charge is 0.145 e. The first-order valence-electron chi connectivity index (χ1n) is 9.32. The number of pyridine rings is 1. The van der Waals surface area contributed by atoms with Crippen LogP contribution in [0.15, 0.2) is 60.9 Å². The molecule has 0 fully saturated rings. The molecule has 1 aromatic heterocycles. The summed E-state index contributed by atoms with van der Waals surface area (Å²) >= 11 is 0. The lowest BCUT2D eigenvalue weighted by Gasteiger charge is -2.16. The minimum Gasteiger partial charge on any atom is -0.497 e. The molecule has 2 aromatic carbocycles. The topological polar surface area (TPSA) is 60.8 Å². The number of rotatable bonds is 9. The molecule has 0 atom stereocenters. The number of aliphatic hydroxyl groups is 1. The van der Waals surface area contributed by atoms with Crippen LogP contribution >= 0.6 is 0 Å². The van der Waals surface area contributed by atoms with Crippen molar-refractivity contribution in [2.45, 2.75) is 26.6 Å². The molecule has 5 nitrogen and oxygen atoms in total. The number of hydrogen-bond donors (Lipinski definition) is 1. The molecule has 0 aliphatic heterocycles. The van der Waals surface area contributed by atoms with Gasteiger partial charge in [0, 0.05) is 23.4 Å². The standard InChI is InChI=1S/C23H25NO4/c1-3-12-27-23-14-24-11-10-21(23)20-9-8-19(26-2)13-22(20)28-16-18-7-5-4-6-17(18)15-25/h4-11,13-14,25H,3,12,15-16H2,1-2H3. The van der Waals surface area contributed by atoms with Gasteiger partial charge in [-0.1, -0.05) is 31.2 Å². The number of aliphatic hydroxyl groups excluding tert-OH is 1. The lowest BCUT2D eigenvalue weighted by molar-refractivity contribution is 0.269. The van der Waals surface area contributed by atoms with Crippen molar-refractivity contribution in [2.75, 3.05) is 13.7 Å². The molecule has 0 saturated heterocycles. The highest BCUT2D eigenvalue weighted by atomic mass is 16.5. The average molecular weight is 379 g/mol. The van der Waals surface area contributed by atoms with E-state index in [0.717, 1.165) is 34.4 Å². The van der Waals surface area contributed by atoms with Crippen LogP contribution in [0.4, 0.5) is 0 Å². The maximum absolute atomic E-state index is 9.55. The van der Waals surface area contributed by atoms with Gasteiger partial charge in [-0.15, -0.1) is 0 Å². The van der Waals surface area contributed by atoms with Crippen molar-refractivity contribution >= 4 is 0 Å². The van der Waals surface area contributed by atoms with Crippen molar-refractivity contribution in [1.29, 1.82) is 0 Å². The third-order valence-electron chi connectivity index (χ3n) is 4.40. The Hall–Kier alpha value is -3.05. The fraction of sp³-hybridized carbons (Fsp3) is 0.261. The van der Waals surface area contributed by atoms with Gasteiger partial charge in [-0.2, -0.15) is 0 Å². The molecule has 3 aromatic rings. The van der Waals surface area contributed by atoms with Crippen molar-refractivity contribution in [3.8, 4) is 28.4 Å². The fourth-order valence-corrected chi connectivity index (χ4v) is 2.91. The van der Waals surface area contributed by atoms with E-state index >= 15 is 0 Å². The van der Waals surface area contributed by atoms with Gasteiger partial charge in [-0.05, 0) is 35.7 Å². The zero-order chi connectivity index (χ0) is 19.8. The highest BCUT2D eigenvalue weighted by Crippen LogP contribution is 2.38. The lowest BCUT2D eigenvalue weighted by atomic mass is 10.0. The van der Waals surface area contributed by atoms with E-state index in [2.05, 4.69) is 11.9 Å². The van der Waals surface area contributed by atoms with E-state index in [1.54, 1.807) is 19.5 Å². The zero-order valence-corrected chi connectivity index (χ0v) is 16.2. The average Bonchev–Trinajstić information content (AvgIpc) is 2.76. The van der Waals surface area contributed by atoms with Crippen molar-refractivity contribution < 1.29 is 19.3 Å². The number of ether oxygens (including phenoxy) is 3. The largest absolute Gasteiger partial charge is 0.497 e. The molecule has 1 N–H and O–H groups in total. The Kier molecular flexibility index (Phi) is 6.87. The number of hydrogen-bond acceptors (Lipinski definition) is 5. The molecule has 146 valence electrons. The van der Waals surface area contributed by atoms with Crippen LogP contribution in [0.1, 0.15) is 24.5 Å². The second-order valence-corrected chi connectivity index (χ2v) is 6.30. The normalized spacial score (nSPS) is 10.5. The third kappa shape index (κ3) is 4.61. The molecule has 3 rings (SSSR count). The van der Waals surface area contributed by atoms with Crippen LogP contribution in [0.5, 0.6) is 17.2 Å². The van der Waals surface area contributed by atoms with Gasteiger partial charge >= 0.3 is 0 Å². The summed E-state index contributed by atoms with van der Waals surface area (Å²) in [6.07, 6.45) is 4.38. The molecule has 0 radical (unpaired) electrons. The number of benzene rings is 2. The van der Waals surface area contributed by atoms with E-state index in [-0.39, 0.29) is 6.61 Å². The van der Waals surface area contributed by atoms with Crippen LogP contribution in [-0.2, 0) is 13.2 Å².